The first kappa shape index (κ1) is 17.8. The van der Waals surface area contributed by atoms with Crippen LogP contribution in [0.5, 0.6) is 0 Å². The third kappa shape index (κ3) is 3.62. The summed E-state index contributed by atoms with van der Waals surface area (Å²) in [4.78, 5) is 25.2. The van der Waals surface area contributed by atoms with Crippen LogP contribution < -0.4 is 5.32 Å². The first-order chi connectivity index (χ1) is 11.6. The largest absolute Gasteiger partial charge is 0.467 e. The van der Waals surface area contributed by atoms with Crippen LogP contribution in [0.1, 0.15) is 77.6 Å². The lowest BCUT2D eigenvalue weighted by Crippen LogP contribution is -2.56. The number of unbranched alkanes of at least 4 members (excludes halogenated alkanes) is 3. The van der Waals surface area contributed by atoms with Gasteiger partial charge in [0.2, 0.25) is 5.91 Å². The molecule has 4 aliphatic carbocycles. The van der Waals surface area contributed by atoms with Gasteiger partial charge in [0, 0.05) is 5.41 Å². The molecule has 1 atom stereocenters. The first-order valence-corrected chi connectivity index (χ1v) is 9.95. The maximum atomic E-state index is 13.1. The van der Waals surface area contributed by atoms with Gasteiger partial charge in [0.1, 0.15) is 6.04 Å². The van der Waals surface area contributed by atoms with E-state index in [2.05, 4.69) is 12.2 Å². The molecule has 0 radical (unpaired) electrons. The van der Waals surface area contributed by atoms with Gasteiger partial charge in [-0.2, -0.15) is 0 Å². The average Bonchev–Trinajstić information content (AvgIpc) is 2.55. The van der Waals surface area contributed by atoms with Crippen molar-refractivity contribution in [3.05, 3.63) is 0 Å². The number of esters is 1. The van der Waals surface area contributed by atoms with Crippen LogP contribution in [-0.2, 0) is 14.3 Å². The second-order valence-corrected chi connectivity index (χ2v) is 8.60. The summed E-state index contributed by atoms with van der Waals surface area (Å²) in [5.74, 6) is 2.06. The van der Waals surface area contributed by atoms with Crippen molar-refractivity contribution in [1.29, 1.82) is 0 Å². The van der Waals surface area contributed by atoms with Crippen molar-refractivity contribution in [2.24, 2.45) is 23.2 Å². The Morgan fingerprint density at radius 1 is 1.04 bits per heavy atom. The zero-order valence-electron chi connectivity index (χ0n) is 15.3. The zero-order valence-corrected chi connectivity index (χ0v) is 15.3. The van der Waals surface area contributed by atoms with E-state index in [4.69, 9.17) is 4.74 Å². The Bertz CT molecular complexity index is 438. The topological polar surface area (TPSA) is 55.4 Å². The normalized spacial score (nSPS) is 34.8. The summed E-state index contributed by atoms with van der Waals surface area (Å²) in [6, 6.07) is -0.465. The highest BCUT2D eigenvalue weighted by atomic mass is 16.5. The molecule has 4 fully saturated rings. The van der Waals surface area contributed by atoms with Crippen molar-refractivity contribution in [3.8, 4) is 0 Å². The van der Waals surface area contributed by atoms with Crippen molar-refractivity contribution in [2.45, 2.75) is 83.6 Å². The number of amides is 1. The number of nitrogens with one attached hydrogen (secondary N) is 1. The van der Waals surface area contributed by atoms with E-state index in [9.17, 15) is 9.59 Å². The highest BCUT2D eigenvalue weighted by Crippen LogP contribution is 2.60. The number of hydrogen-bond donors (Lipinski definition) is 1. The van der Waals surface area contributed by atoms with Crippen LogP contribution in [0, 0.1) is 23.2 Å². The van der Waals surface area contributed by atoms with E-state index in [0.717, 1.165) is 49.9 Å². The number of methoxy groups -OCH3 is 1. The molecule has 0 heterocycles. The van der Waals surface area contributed by atoms with Gasteiger partial charge < -0.3 is 10.1 Å². The molecule has 1 amide bonds. The minimum absolute atomic E-state index is 0.132. The lowest BCUT2D eigenvalue weighted by Gasteiger charge is -2.55. The summed E-state index contributed by atoms with van der Waals surface area (Å²) < 4.78 is 4.94. The number of carbonyl (C=O) groups excluding carboxylic acids is 2. The van der Waals surface area contributed by atoms with Gasteiger partial charge in [-0.05, 0) is 62.7 Å². The Labute approximate surface area is 146 Å². The highest BCUT2D eigenvalue weighted by Gasteiger charge is 2.54. The third-order valence-corrected chi connectivity index (χ3v) is 6.66. The molecule has 136 valence electrons. The molecule has 0 aromatic carbocycles. The SMILES string of the molecule is CCCCCC[C@H](NC(=O)C12CC3CC(CC(C3)C1)C2)C(=O)OC. The van der Waals surface area contributed by atoms with Crippen LogP contribution in [0.3, 0.4) is 0 Å². The summed E-state index contributed by atoms with van der Waals surface area (Å²) in [6.45, 7) is 2.17. The van der Waals surface area contributed by atoms with E-state index < -0.39 is 6.04 Å². The second kappa shape index (κ2) is 7.45. The molecule has 0 spiro atoms. The lowest BCUT2D eigenvalue weighted by molar-refractivity contribution is -0.153. The Morgan fingerprint density at radius 2 is 1.62 bits per heavy atom. The lowest BCUT2D eigenvalue weighted by atomic mass is 9.49. The smallest absolute Gasteiger partial charge is 0.328 e. The number of hydrogen-bond acceptors (Lipinski definition) is 3. The standard InChI is InChI=1S/C20H33NO3/c1-3-4-5-6-7-17(18(22)24-2)21-19(23)20-11-14-8-15(12-20)10-16(9-14)13-20/h14-17H,3-13H2,1-2H3,(H,21,23)/t14?,15?,16?,17-,20?/m0/s1. The molecule has 4 aliphatic rings. The quantitative estimate of drug-likeness (QED) is 0.542. The van der Waals surface area contributed by atoms with Gasteiger partial charge in [0.05, 0.1) is 7.11 Å². The summed E-state index contributed by atoms with van der Waals surface area (Å²) in [6.07, 6.45) is 12.2. The average molecular weight is 335 g/mol. The molecule has 24 heavy (non-hydrogen) atoms. The van der Waals surface area contributed by atoms with Gasteiger partial charge in [-0.1, -0.05) is 32.6 Å². The molecular formula is C20H33NO3. The monoisotopic (exact) mass is 335 g/mol. The zero-order chi connectivity index (χ0) is 17.2. The maximum absolute atomic E-state index is 13.1. The summed E-state index contributed by atoms with van der Waals surface area (Å²) >= 11 is 0. The van der Waals surface area contributed by atoms with Crippen LogP contribution in [0.4, 0.5) is 0 Å². The molecule has 4 saturated carbocycles. The van der Waals surface area contributed by atoms with Crippen LogP contribution in [0.25, 0.3) is 0 Å². The van der Waals surface area contributed by atoms with Crippen molar-refractivity contribution < 1.29 is 14.3 Å². The van der Waals surface area contributed by atoms with Gasteiger partial charge in [-0.3, -0.25) is 4.79 Å². The van der Waals surface area contributed by atoms with E-state index in [1.165, 1.54) is 39.2 Å². The minimum Gasteiger partial charge on any atom is -0.467 e. The van der Waals surface area contributed by atoms with E-state index in [1.54, 1.807) is 0 Å². The second-order valence-electron chi connectivity index (χ2n) is 8.60. The highest BCUT2D eigenvalue weighted by molar-refractivity contribution is 5.88. The molecule has 0 saturated heterocycles. The van der Waals surface area contributed by atoms with E-state index in [-0.39, 0.29) is 17.3 Å². The van der Waals surface area contributed by atoms with Crippen LogP contribution in [0.15, 0.2) is 0 Å². The Hall–Kier alpha value is -1.06. The fourth-order valence-electron chi connectivity index (χ4n) is 5.87. The van der Waals surface area contributed by atoms with Crippen LogP contribution >= 0.6 is 0 Å². The maximum Gasteiger partial charge on any atom is 0.328 e. The Morgan fingerprint density at radius 3 is 2.12 bits per heavy atom. The first-order valence-electron chi connectivity index (χ1n) is 9.95. The van der Waals surface area contributed by atoms with Crippen molar-refractivity contribution in [2.75, 3.05) is 7.11 Å². The van der Waals surface area contributed by atoms with Gasteiger partial charge >= 0.3 is 5.97 Å². The van der Waals surface area contributed by atoms with Gasteiger partial charge in [-0.25, -0.2) is 4.79 Å². The molecule has 4 bridgehead atoms. The minimum atomic E-state index is -0.465. The van der Waals surface area contributed by atoms with Crippen molar-refractivity contribution in [3.63, 3.8) is 0 Å². The molecule has 1 N–H and O–H groups in total. The van der Waals surface area contributed by atoms with E-state index >= 15 is 0 Å². The molecule has 4 rings (SSSR count). The summed E-state index contributed by atoms with van der Waals surface area (Å²) in [7, 11) is 1.41. The van der Waals surface area contributed by atoms with Crippen molar-refractivity contribution in [1.82, 2.24) is 5.32 Å². The van der Waals surface area contributed by atoms with Crippen LogP contribution in [0.2, 0.25) is 0 Å². The van der Waals surface area contributed by atoms with E-state index in [1.807, 2.05) is 0 Å². The van der Waals surface area contributed by atoms with Crippen molar-refractivity contribution >= 4 is 11.9 Å². The predicted molar refractivity (Wildman–Crippen MR) is 93.3 cm³/mol. The fraction of sp³-hybridized carbons (Fsp3) is 0.900. The molecule has 0 aliphatic heterocycles. The summed E-state index contributed by atoms with van der Waals surface area (Å²) in [5.41, 5.74) is -0.190. The molecule has 0 aromatic heterocycles. The van der Waals surface area contributed by atoms with Gasteiger partial charge in [0.25, 0.3) is 0 Å². The number of ether oxygens (including phenoxy) is 1. The number of carbonyl (C=O) groups is 2. The fourth-order valence-corrected chi connectivity index (χ4v) is 5.87. The molecule has 0 unspecified atom stereocenters. The molecule has 0 aromatic rings. The third-order valence-electron chi connectivity index (χ3n) is 6.66. The number of rotatable bonds is 8. The predicted octanol–water partition coefficient (Wildman–Crippen LogP) is 3.83. The Kier molecular flexibility index (Phi) is 5.51. The molecule has 4 nitrogen and oxygen atoms in total. The van der Waals surface area contributed by atoms with Crippen LogP contribution in [-0.4, -0.2) is 25.0 Å². The van der Waals surface area contributed by atoms with E-state index in [0.29, 0.717) is 6.42 Å². The molecular weight excluding hydrogens is 302 g/mol. The van der Waals surface area contributed by atoms with Gasteiger partial charge in [-0.15, -0.1) is 0 Å². The van der Waals surface area contributed by atoms with Gasteiger partial charge in [0.15, 0.2) is 0 Å². The molecule has 4 heteroatoms. The Balaban J connectivity index is 1.61. The summed E-state index contributed by atoms with van der Waals surface area (Å²) in [5, 5.41) is 3.09.